The van der Waals surface area contributed by atoms with E-state index in [1.165, 1.54) is 12.1 Å². The minimum Gasteiger partial charge on any atom is -0.481 e. The van der Waals surface area contributed by atoms with Gasteiger partial charge in [-0.1, -0.05) is 18.6 Å². The van der Waals surface area contributed by atoms with Gasteiger partial charge in [-0.3, -0.25) is 9.59 Å². The highest BCUT2D eigenvalue weighted by Crippen LogP contribution is 2.49. The Bertz CT molecular complexity index is 717. The summed E-state index contributed by atoms with van der Waals surface area (Å²) in [6.45, 7) is 1.43. The number of carboxylic acids is 1. The Kier molecular flexibility index (Phi) is 3.83. The van der Waals surface area contributed by atoms with Crippen molar-refractivity contribution in [3.8, 4) is 0 Å². The van der Waals surface area contributed by atoms with E-state index in [0.29, 0.717) is 44.6 Å². The van der Waals surface area contributed by atoms with E-state index in [-0.39, 0.29) is 24.2 Å². The van der Waals surface area contributed by atoms with Crippen LogP contribution in [0.15, 0.2) is 24.3 Å². The third-order valence-electron chi connectivity index (χ3n) is 6.41. The van der Waals surface area contributed by atoms with Gasteiger partial charge in [-0.05, 0) is 37.0 Å². The third-order valence-corrected chi connectivity index (χ3v) is 6.41. The lowest BCUT2D eigenvalue weighted by molar-refractivity contribution is -0.157. The number of carbonyl (C=O) groups excluding carboxylic acids is 1. The Morgan fingerprint density at radius 1 is 1.28 bits per heavy atom. The molecular weight excluding hydrogens is 325 g/mol. The van der Waals surface area contributed by atoms with Crippen molar-refractivity contribution in [2.75, 3.05) is 26.3 Å². The highest BCUT2D eigenvalue weighted by molar-refractivity contribution is 5.90. The van der Waals surface area contributed by atoms with Crippen LogP contribution in [-0.4, -0.2) is 48.2 Å². The summed E-state index contributed by atoms with van der Waals surface area (Å²) in [4.78, 5) is 27.0. The van der Waals surface area contributed by atoms with Crippen molar-refractivity contribution in [1.82, 2.24) is 4.90 Å². The molecule has 2 aliphatic heterocycles. The number of hydrogen-bond acceptors (Lipinski definition) is 3. The largest absolute Gasteiger partial charge is 0.481 e. The van der Waals surface area contributed by atoms with Crippen molar-refractivity contribution < 1.29 is 23.8 Å². The Balaban J connectivity index is 1.63. The molecule has 2 heterocycles. The van der Waals surface area contributed by atoms with Gasteiger partial charge in [0.25, 0.3) is 0 Å². The van der Waals surface area contributed by atoms with Crippen LogP contribution in [0, 0.1) is 17.2 Å². The maximum atomic E-state index is 13.7. The molecule has 4 rings (SSSR count). The van der Waals surface area contributed by atoms with E-state index < -0.39 is 16.8 Å². The van der Waals surface area contributed by atoms with E-state index in [2.05, 4.69) is 0 Å². The number of ether oxygens (including phenoxy) is 1. The molecule has 1 N–H and O–H groups in total. The third kappa shape index (κ3) is 2.38. The quantitative estimate of drug-likeness (QED) is 0.910. The van der Waals surface area contributed by atoms with E-state index in [4.69, 9.17) is 4.74 Å². The second-order valence-electron chi connectivity index (χ2n) is 7.61. The summed E-state index contributed by atoms with van der Waals surface area (Å²) >= 11 is 0. The average Bonchev–Trinajstić information content (AvgIpc) is 2.95. The lowest BCUT2D eigenvalue weighted by Crippen LogP contribution is -2.51. The van der Waals surface area contributed by atoms with Crippen LogP contribution in [0.3, 0.4) is 0 Å². The highest BCUT2D eigenvalue weighted by atomic mass is 19.1. The molecule has 25 heavy (non-hydrogen) atoms. The van der Waals surface area contributed by atoms with Crippen LogP contribution >= 0.6 is 0 Å². The van der Waals surface area contributed by atoms with Gasteiger partial charge in [0.15, 0.2) is 0 Å². The van der Waals surface area contributed by atoms with Gasteiger partial charge in [-0.2, -0.15) is 0 Å². The zero-order chi connectivity index (χ0) is 17.7. The minimum absolute atomic E-state index is 0.0561. The number of aliphatic carboxylic acids is 1. The number of carbonyl (C=O) groups is 2. The molecule has 3 aliphatic rings. The first-order chi connectivity index (χ1) is 12.0. The lowest BCUT2D eigenvalue weighted by Gasteiger charge is -2.43. The van der Waals surface area contributed by atoms with E-state index in [1.54, 1.807) is 17.0 Å². The van der Waals surface area contributed by atoms with Crippen LogP contribution in [0.5, 0.6) is 0 Å². The van der Waals surface area contributed by atoms with Gasteiger partial charge < -0.3 is 14.7 Å². The van der Waals surface area contributed by atoms with Crippen molar-refractivity contribution in [2.24, 2.45) is 11.3 Å². The number of halogens is 1. The second-order valence-corrected chi connectivity index (χ2v) is 7.61. The number of hydrogen-bond donors (Lipinski definition) is 1. The number of likely N-dealkylation sites (tertiary alicyclic amines) is 1. The monoisotopic (exact) mass is 347 g/mol. The summed E-state index contributed by atoms with van der Waals surface area (Å²) in [6, 6.07) is 6.26. The summed E-state index contributed by atoms with van der Waals surface area (Å²) in [5, 5.41) is 9.78. The summed E-state index contributed by atoms with van der Waals surface area (Å²) in [6.07, 6.45) is 2.73. The molecule has 2 saturated heterocycles. The molecule has 1 saturated carbocycles. The first-order valence-corrected chi connectivity index (χ1v) is 8.85. The number of fused-ring (bicyclic) bond motifs is 1. The van der Waals surface area contributed by atoms with Crippen molar-refractivity contribution in [1.29, 1.82) is 0 Å². The molecule has 1 aromatic carbocycles. The Morgan fingerprint density at radius 3 is 2.68 bits per heavy atom. The van der Waals surface area contributed by atoms with Crippen molar-refractivity contribution in [3.05, 3.63) is 35.6 Å². The molecule has 0 spiro atoms. The maximum Gasteiger partial charge on any atom is 0.311 e. The van der Waals surface area contributed by atoms with Crippen molar-refractivity contribution >= 4 is 11.9 Å². The van der Waals surface area contributed by atoms with Crippen LogP contribution in [0.4, 0.5) is 4.39 Å². The molecule has 5 nitrogen and oxygen atoms in total. The fraction of sp³-hybridized carbons (Fsp3) is 0.579. The minimum atomic E-state index is -0.902. The molecule has 2 atom stereocenters. The second kappa shape index (κ2) is 5.80. The van der Waals surface area contributed by atoms with Gasteiger partial charge in [0.2, 0.25) is 5.91 Å². The summed E-state index contributed by atoms with van der Waals surface area (Å²) in [7, 11) is 0. The normalized spacial score (nSPS) is 30.4. The van der Waals surface area contributed by atoms with Gasteiger partial charge in [0.1, 0.15) is 5.82 Å². The van der Waals surface area contributed by atoms with Gasteiger partial charge in [-0.25, -0.2) is 4.39 Å². The van der Waals surface area contributed by atoms with Crippen LogP contribution in [-0.2, 0) is 19.7 Å². The topological polar surface area (TPSA) is 66.8 Å². The van der Waals surface area contributed by atoms with E-state index in [1.807, 2.05) is 0 Å². The van der Waals surface area contributed by atoms with Gasteiger partial charge in [0, 0.05) is 25.6 Å². The summed E-state index contributed by atoms with van der Waals surface area (Å²) < 4.78 is 19.1. The molecule has 1 amide bonds. The van der Waals surface area contributed by atoms with Crippen LogP contribution in [0.25, 0.3) is 0 Å². The van der Waals surface area contributed by atoms with Gasteiger partial charge in [0.05, 0.1) is 17.4 Å². The standard InChI is InChI=1S/C19H22FNO4/c20-15-4-1-3-13(9-15)18(5-2-6-18)16(22)21-10-14-11-25-8-7-19(14,12-21)17(23)24/h1,3-4,9,14H,2,5-8,10-12H2,(H,23,24)/t14-,19+/m0/s1. The molecule has 1 aliphatic carbocycles. The molecule has 0 radical (unpaired) electrons. The number of rotatable bonds is 3. The number of carboxylic acid groups (broad SMARTS) is 1. The zero-order valence-electron chi connectivity index (χ0n) is 14.0. The maximum absolute atomic E-state index is 13.7. The lowest BCUT2D eigenvalue weighted by atomic mass is 9.63. The van der Waals surface area contributed by atoms with Crippen LogP contribution in [0.2, 0.25) is 0 Å². The molecule has 134 valence electrons. The summed E-state index contributed by atoms with van der Waals surface area (Å²) in [5.41, 5.74) is -0.893. The first kappa shape index (κ1) is 16.5. The average molecular weight is 347 g/mol. The predicted molar refractivity (Wildman–Crippen MR) is 87.5 cm³/mol. The Hall–Kier alpha value is -1.95. The highest BCUT2D eigenvalue weighted by Gasteiger charge is 2.58. The van der Waals surface area contributed by atoms with Crippen molar-refractivity contribution in [3.63, 3.8) is 0 Å². The number of amides is 1. The van der Waals surface area contributed by atoms with E-state index in [0.717, 1.165) is 6.42 Å². The zero-order valence-corrected chi connectivity index (χ0v) is 14.0. The smallest absolute Gasteiger partial charge is 0.311 e. The molecule has 0 bridgehead atoms. The molecular formula is C19H22FNO4. The Labute approximate surface area is 145 Å². The SMILES string of the molecule is O=C(N1C[C@H]2COCC[C@@]2(C(=O)O)C1)C1(c2cccc(F)c2)CCC1. The van der Waals surface area contributed by atoms with E-state index in [9.17, 15) is 19.1 Å². The van der Waals surface area contributed by atoms with Crippen molar-refractivity contribution in [2.45, 2.75) is 31.1 Å². The predicted octanol–water partition coefficient (Wildman–Crippen LogP) is 2.20. The molecule has 3 fully saturated rings. The Morgan fingerprint density at radius 2 is 2.08 bits per heavy atom. The summed E-state index contributed by atoms with van der Waals surface area (Å²) in [5.74, 6) is -1.42. The fourth-order valence-corrected chi connectivity index (χ4v) is 4.70. The molecule has 6 heteroatoms. The van der Waals surface area contributed by atoms with Gasteiger partial charge >= 0.3 is 5.97 Å². The fourth-order valence-electron chi connectivity index (χ4n) is 4.70. The van der Waals surface area contributed by atoms with Gasteiger partial charge in [-0.15, -0.1) is 0 Å². The van der Waals surface area contributed by atoms with Crippen LogP contribution < -0.4 is 0 Å². The van der Waals surface area contributed by atoms with Crippen LogP contribution in [0.1, 0.15) is 31.2 Å². The number of benzene rings is 1. The molecule has 1 aromatic rings. The molecule has 0 aromatic heterocycles. The number of nitrogens with zero attached hydrogens (tertiary/aromatic N) is 1. The van der Waals surface area contributed by atoms with E-state index >= 15 is 0 Å². The molecule has 0 unspecified atom stereocenters. The first-order valence-electron chi connectivity index (χ1n) is 8.85.